The molecule has 1 aromatic carbocycles. The van der Waals surface area contributed by atoms with Crippen LogP contribution in [0.3, 0.4) is 0 Å². The van der Waals surface area contributed by atoms with Crippen LogP contribution in [0.15, 0.2) is 30.5 Å². The van der Waals surface area contributed by atoms with E-state index in [1.807, 2.05) is 32.0 Å². The summed E-state index contributed by atoms with van der Waals surface area (Å²) in [5.74, 6) is 0.805. The predicted molar refractivity (Wildman–Crippen MR) is 75.3 cm³/mol. The molecule has 3 rings (SSSR count). The van der Waals surface area contributed by atoms with Gasteiger partial charge in [-0.1, -0.05) is 13.0 Å². The fourth-order valence-corrected chi connectivity index (χ4v) is 2.29. The molecule has 0 bridgehead atoms. The van der Waals surface area contributed by atoms with E-state index in [0.29, 0.717) is 17.9 Å². The number of ether oxygens (including phenoxy) is 1. The molecule has 1 aromatic heterocycles. The maximum atomic E-state index is 12.7. The summed E-state index contributed by atoms with van der Waals surface area (Å²) >= 11 is 0. The number of hydrogen-bond donors (Lipinski definition) is 0. The molecule has 0 N–H and O–H groups in total. The third-order valence-electron chi connectivity index (χ3n) is 3.22. The maximum absolute atomic E-state index is 12.7. The molecule has 1 aliphatic heterocycles. The van der Waals surface area contributed by atoms with E-state index in [1.54, 1.807) is 11.0 Å². The van der Waals surface area contributed by atoms with E-state index >= 15 is 0 Å². The van der Waals surface area contributed by atoms with Gasteiger partial charge in [-0.2, -0.15) is 5.10 Å². The molecule has 0 unspecified atom stereocenters. The fourth-order valence-electron chi connectivity index (χ4n) is 2.29. The number of rotatable bonds is 2. The van der Waals surface area contributed by atoms with Crippen molar-refractivity contribution in [3.63, 3.8) is 0 Å². The first-order valence-corrected chi connectivity index (χ1v) is 6.62. The van der Waals surface area contributed by atoms with Crippen molar-refractivity contribution in [2.24, 2.45) is 0 Å². The molecule has 0 aliphatic carbocycles. The number of hydrogen-bond acceptors (Lipinski definition) is 4. The Balaban J connectivity index is 2.20. The number of carbonyl (C=O) groups excluding carboxylic acids is 1. The van der Waals surface area contributed by atoms with Gasteiger partial charge in [0.25, 0.3) is 11.8 Å². The van der Waals surface area contributed by atoms with Gasteiger partial charge < -0.3 is 9.64 Å². The molecule has 20 heavy (non-hydrogen) atoms. The van der Waals surface area contributed by atoms with E-state index in [-0.39, 0.29) is 11.8 Å². The third kappa shape index (κ3) is 2.01. The van der Waals surface area contributed by atoms with Gasteiger partial charge in [0, 0.05) is 6.54 Å². The van der Waals surface area contributed by atoms with Crippen molar-refractivity contribution in [1.82, 2.24) is 10.2 Å². The number of nitrogens with zero attached hydrogens (tertiary/aromatic N) is 3. The van der Waals surface area contributed by atoms with Crippen molar-refractivity contribution in [3.8, 4) is 11.6 Å². The number of fused-ring (bicyclic) bond motifs is 2. The zero-order valence-electron chi connectivity index (χ0n) is 11.5. The van der Waals surface area contributed by atoms with Gasteiger partial charge in [-0.3, -0.25) is 4.79 Å². The lowest BCUT2D eigenvalue weighted by Crippen LogP contribution is -2.31. The Morgan fingerprint density at radius 3 is 2.95 bits per heavy atom. The highest BCUT2D eigenvalue weighted by molar-refractivity contribution is 6.09. The topological polar surface area (TPSA) is 55.3 Å². The van der Waals surface area contributed by atoms with Crippen molar-refractivity contribution >= 4 is 11.6 Å². The van der Waals surface area contributed by atoms with Crippen LogP contribution >= 0.6 is 0 Å². The minimum absolute atomic E-state index is 0.0962. The van der Waals surface area contributed by atoms with Crippen LogP contribution in [-0.2, 0) is 0 Å². The van der Waals surface area contributed by atoms with Crippen molar-refractivity contribution in [3.05, 3.63) is 41.6 Å². The maximum Gasteiger partial charge on any atom is 0.264 e. The van der Waals surface area contributed by atoms with Crippen LogP contribution in [-0.4, -0.2) is 22.6 Å². The summed E-state index contributed by atoms with van der Waals surface area (Å²) in [5, 5.41) is 7.72. The van der Waals surface area contributed by atoms with Gasteiger partial charge >= 0.3 is 0 Å². The summed E-state index contributed by atoms with van der Waals surface area (Å²) < 4.78 is 5.77. The van der Waals surface area contributed by atoms with Crippen LogP contribution in [0.2, 0.25) is 0 Å². The first-order valence-electron chi connectivity index (χ1n) is 6.62. The lowest BCUT2D eigenvalue weighted by molar-refractivity contribution is 0.0986. The third-order valence-corrected chi connectivity index (χ3v) is 3.22. The number of aryl methyl sites for hydroxylation is 1. The Labute approximate surface area is 117 Å². The second kappa shape index (κ2) is 4.92. The predicted octanol–water partition coefficient (Wildman–Crippen LogP) is 2.95. The summed E-state index contributed by atoms with van der Waals surface area (Å²) in [6.07, 6.45) is 2.37. The molecule has 102 valence electrons. The highest BCUT2D eigenvalue weighted by Crippen LogP contribution is 2.38. The lowest BCUT2D eigenvalue weighted by Gasteiger charge is -2.21. The molecule has 1 amide bonds. The summed E-state index contributed by atoms with van der Waals surface area (Å²) in [5.41, 5.74) is 2.32. The molecule has 1 aliphatic rings. The molecule has 0 atom stereocenters. The summed E-state index contributed by atoms with van der Waals surface area (Å²) in [6.45, 7) is 4.67. The SMILES string of the molecule is CCCN1C(=O)c2ccnnc2Oc2ccc(C)cc21. The molecule has 5 heteroatoms. The Morgan fingerprint density at radius 2 is 2.15 bits per heavy atom. The van der Waals surface area contributed by atoms with Gasteiger partial charge in [0.1, 0.15) is 5.56 Å². The van der Waals surface area contributed by atoms with Crippen LogP contribution in [0.5, 0.6) is 11.6 Å². The number of benzene rings is 1. The lowest BCUT2D eigenvalue weighted by atomic mass is 10.1. The van der Waals surface area contributed by atoms with Crippen LogP contribution < -0.4 is 9.64 Å². The molecule has 0 saturated heterocycles. The number of carbonyl (C=O) groups is 1. The molecule has 0 fully saturated rings. The largest absolute Gasteiger partial charge is 0.435 e. The van der Waals surface area contributed by atoms with E-state index in [4.69, 9.17) is 4.74 Å². The second-order valence-electron chi connectivity index (χ2n) is 4.78. The summed E-state index contributed by atoms with van der Waals surface area (Å²) in [6, 6.07) is 7.42. The number of anilines is 1. The molecule has 0 radical (unpaired) electrons. The zero-order chi connectivity index (χ0) is 14.1. The monoisotopic (exact) mass is 269 g/mol. The average molecular weight is 269 g/mol. The Bertz CT molecular complexity index is 670. The normalized spacial score (nSPS) is 13.3. The molecular formula is C15H15N3O2. The molecule has 2 heterocycles. The highest BCUT2D eigenvalue weighted by atomic mass is 16.5. The van der Waals surface area contributed by atoms with E-state index in [1.165, 1.54) is 6.20 Å². The molecule has 5 nitrogen and oxygen atoms in total. The van der Waals surface area contributed by atoms with E-state index < -0.39 is 0 Å². The van der Waals surface area contributed by atoms with Crippen molar-refractivity contribution in [2.45, 2.75) is 20.3 Å². The van der Waals surface area contributed by atoms with Crippen LogP contribution in [0.1, 0.15) is 29.3 Å². The molecule has 0 spiro atoms. The Hall–Kier alpha value is -2.43. The van der Waals surface area contributed by atoms with Gasteiger partial charge in [0.15, 0.2) is 5.75 Å². The zero-order valence-corrected chi connectivity index (χ0v) is 11.5. The Kier molecular flexibility index (Phi) is 3.10. The summed E-state index contributed by atoms with van der Waals surface area (Å²) in [4.78, 5) is 14.4. The second-order valence-corrected chi connectivity index (χ2v) is 4.78. The van der Waals surface area contributed by atoms with Gasteiger partial charge in [0.05, 0.1) is 11.9 Å². The number of amides is 1. The van der Waals surface area contributed by atoms with Crippen molar-refractivity contribution in [2.75, 3.05) is 11.4 Å². The molecular weight excluding hydrogens is 254 g/mol. The summed E-state index contributed by atoms with van der Waals surface area (Å²) in [7, 11) is 0. The standard InChI is InChI=1S/C15H15N3O2/c1-3-8-18-12-9-10(2)4-5-13(12)20-14-11(15(18)19)6-7-16-17-14/h4-7,9H,3,8H2,1-2H3. The van der Waals surface area contributed by atoms with E-state index in [2.05, 4.69) is 10.2 Å². The fraction of sp³-hybridized carbons (Fsp3) is 0.267. The first kappa shape index (κ1) is 12.6. The first-order chi connectivity index (χ1) is 9.70. The van der Waals surface area contributed by atoms with Crippen molar-refractivity contribution in [1.29, 1.82) is 0 Å². The van der Waals surface area contributed by atoms with Crippen LogP contribution in [0.4, 0.5) is 5.69 Å². The minimum Gasteiger partial charge on any atom is -0.435 e. The van der Waals surface area contributed by atoms with Crippen LogP contribution in [0, 0.1) is 6.92 Å². The Morgan fingerprint density at radius 1 is 1.30 bits per heavy atom. The average Bonchev–Trinajstić information content (AvgIpc) is 2.56. The quantitative estimate of drug-likeness (QED) is 0.841. The number of aromatic nitrogens is 2. The van der Waals surface area contributed by atoms with Gasteiger partial charge in [-0.15, -0.1) is 5.10 Å². The van der Waals surface area contributed by atoms with Crippen LogP contribution in [0.25, 0.3) is 0 Å². The van der Waals surface area contributed by atoms with Gasteiger partial charge in [-0.25, -0.2) is 0 Å². The van der Waals surface area contributed by atoms with Gasteiger partial charge in [0.2, 0.25) is 0 Å². The highest BCUT2D eigenvalue weighted by Gasteiger charge is 2.28. The molecule has 2 aromatic rings. The minimum atomic E-state index is -0.0962. The molecule has 0 saturated carbocycles. The van der Waals surface area contributed by atoms with Crippen molar-refractivity contribution < 1.29 is 9.53 Å². The van der Waals surface area contributed by atoms with E-state index in [0.717, 1.165) is 17.7 Å². The van der Waals surface area contributed by atoms with Gasteiger partial charge in [-0.05, 0) is 37.1 Å². The van der Waals surface area contributed by atoms with E-state index in [9.17, 15) is 4.79 Å². The smallest absolute Gasteiger partial charge is 0.264 e.